The Kier molecular flexibility index (Phi) is 3.14. The molecule has 3 heterocycles. The number of rotatable bonds is 2. The summed E-state index contributed by atoms with van der Waals surface area (Å²) in [5.41, 5.74) is 6.00. The van der Waals surface area contributed by atoms with Gasteiger partial charge in [-0.15, -0.1) is 0 Å². The first-order chi connectivity index (χ1) is 13.9. The number of hydrogen-bond acceptors (Lipinski definition) is 3. The van der Waals surface area contributed by atoms with Crippen molar-refractivity contribution in [3.63, 3.8) is 0 Å². The maximum atomic E-state index is 5.84. The molecule has 0 aliphatic heterocycles. The molecule has 0 amide bonds. The van der Waals surface area contributed by atoms with Crippen LogP contribution in [0.25, 0.3) is 49.7 Å². The fraction of sp³-hybridized carbons (Fsp3) is 0. The van der Waals surface area contributed by atoms with Gasteiger partial charge in [-0.05, 0) is 30.3 Å². The van der Waals surface area contributed by atoms with Gasteiger partial charge in [0.1, 0.15) is 5.58 Å². The van der Waals surface area contributed by atoms with Gasteiger partial charge in [-0.2, -0.15) is 10.2 Å². The first-order valence-electron chi connectivity index (χ1n) is 9.18. The molecule has 3 aromatic carbocycles. The lowest BCUT2D eigenvalue weighted by Crippen LogP contribution is -1.97. The first-order valence-corrected chi connectivity index (χ1v) is 9.18. The molecule has 4 heteroatoms. The average Bonchev–Trinajstić information content (AvgIpc) is 3.36. The van der Waals surface area contributed by atoms with Crippen LogP contribution in [0.5, 0.6) is 0 Å². The number of benzene rings is 3. The van der Waals surface area contributed by atoms with E-state index in [1.165, 1.54) is 0 Å². The summed E-state index contributed by atoms with van der Waals surface area (Å²) < 4.78 is 8.07. The van der Waals surface area contributed by atoms with E-state index in [1.54, 1.807) is 6.26 Å². The Morgan fingerprint density at radius 3 is 2.57 bits per heavy atom. The fourth-order valence-corrected chi connectivity index (χ4v) is 3.99. The van der Waals surface area contributed by atoms with Gasteiger partial charge in [-0.3, -0.25) is 0 Å². The van der Waals surface area contributed by atoms with Crippen molar-refractivity contribution in [2.75, 3.05) is 0 Å². The van der Waals surface area contributed by atoms with Gasteiger partial charge in [0.25, 0.3) is 0 Å². The molecule has 0 spiro atoms. The molecule has 0 atom stereocenters. The first kappa shape index (κ1) is 15.2. The minimum absolute atomic E-state index is 0.850. The van der Waals surface area contributed by atoms with Gasteiger partial charge >= 0.3 is 0 Å². The Morgan fingerprint density at radius 2 is 1.64 bits per heavy atom. The third-order valence-corrected chi connectivity index (χ3v) is 5.22. The number of hydrogen-bond donors (Lipinski definition) is 0. The van der Waals surface area contributed by atoms with Gasteiger partial charge < -0.3 is 8.98 Å². The van der Waals surface area contributed by atoms with Crippen LogP contribution in [-0.4, -0.2) is 14.8 Å². The number of aromatic nitrogens is 3. The summed E-state index contributed by atoms with van der Waals surface area (Å²) >= 11 is 0. The summed E-state index contributed by atoms with van der Waals surface area (Å²) in [5, 5.41) is 12.0. The zero-order valence-electron chi connectivity index (χ0n) is 14.9. The highest BCUT2D eigenvalue weighted by atomic mass is 16.3. The SMILES string of the molecule is c1ccc(-c2cc(-n3c4ccccc4c4c5occc5ccc43)cnn2)cc1. The molecule has 3 aromatic heterocycles. The molecule has 0 bridgehead atoms. The Bertz CT molecular complexity index is 1460. The highest BCUT2D eigenvalue weighted by molar-refractivity contribution is 6.19. The highest BCUT2D eigenvalue weighted by Crippen LogP contribution is 2.37. The van der Waals surface area contributed by atoms with Gasteiger partial charge in [0, 0.05) is 16.3 Å². The zero-order chi connectivity index (χ0) is 18.5. The van der Waals surface area contributed by atoms with Crippen molar-refractivity contribution in [3.05, 3.63) is 91.3 Å². The predicted octanol–water partition coefficient (Wildman–Crippen LogP) is 5.99. The van der Waals surface area contributed by atoms with Crippen molar-refractivity contribution in [1.29, 1.82) is 0 Å². The highest BCUT2D eigenvalue weighted by Gasteiger charge is 2.16. The number of para-hydroxylation sites is 1. The van der Waals surface area contributed by atoms with E-state index in [1.807, 2.05) is 42.6 Å². The fourth-order valence-electron chi connectivity index (χ4n) is 3.99. The van der Waals surface area contributed by atoms with Crippen molar-refractivity contribution < 1.29 is 4.42 Å². The minimum atomic E-state index is 0.850. The van der Waals surface area contributed by atoms with Crippen LogP contribution >= 0.6 is 0 Å². The molecule has 28 heavy (non-hydrogen) atoms. The van der Waals surface area contributed by atoms with E-state index in [0.29, 0.717) is 0 Å². The molecule has 0 aliphatic rings. The molecule has 4 nitrogen and oxygen atoms in total. The normalized spacial score (nSPS) is 11.6. The summed E-state index contributed by atoms with van der Waals surface area (Å²) in [5.74, 6) is 0. The quantitative estimate of drug-likeness (QED) is 0.381. The van der Waals surface area contributed by atoms with Crippen LogP contribution < -0.4 is 0 Å². The Labute approximate surface area is 160 Å². The van der Waals surface area contributed by atoms with E-state index in [0.717, 1.165) is 49.7 Å². The van der Waals surface area contributed by atoms with Crippen molar-refractivity contribution in [3.8, 4) is 16.9 Å². The Hall–Kier alpha value is -3.92. The van der Waals surface area contributed by atoms with Crippen LogP contribution in [0.2, 0.25) is 0 Å². The second-order valence-electron chi connectivity index (χ2n) is 6.82. The van der Waals surface area contributed by atoms with E-state index in [4.69, 9.17) is 4.42 Å². The average molecular weight is 361 g/mol. The van der Waals surface area contributed by atoms with Crippen LogP contribution in [0, 0.1) is 0 Å². The lowest BCUT2D eigenvalue weighted by Gasteiger charge is -2.08. The molecule has 0 aliphatic carbocycles. The summed E-state index contributed by atoms with van der Waals surface area (Å²) in [6.45, 7) is 0. The molecule has 6 aromatic rings. The summed E-state index contributed by atoms with van der Waals surface area (Å²) in [7, 11) is 0. The molecule has 0 radical (unpaired) electrons. The number of fused-ring (bicyclic) bond motifs is 5. The van der Waals surface area contributed by atoms with E-state index in [2.05, 4.69) is 57.2 Å². The summed E-state index contributed by atoms with van der Waals surface area (Å²) in [4.78, 5) is 0. The number of nitrogens with zero attached hydrogens (tertiary/aromatic N) is 3. The molecular weight excluding hydrogens is 346 g/mol. The molecule has 0 saturated heterocycles. The van der Waals surface area contributed by atoms with Gasteiger partial charge in [0.15, 0.2) is 0 Å². The predicted molar refractivity (Wildman–Crippen MR) is 112 cm³/mol. The standard InChI is InChI=1S/C24H15N3O/c1-2-6-16(7-3-1)20-14-18(15-25-26-20)27-21-9-5-4-8-19(21)23-22(27)11-10-17-12-13-28-24(17)23/h1-15H. The second-order valence-corrected chi connectivity index (χ2v) is 6.82. The number of furan rings is 1. The van der Waals surface area contributed by atoms with Crippen LogP contribution in [0.3, 0.4) is 0 Å². The van der Waals surface area contributed by atoms with Crippen LogP contribution in [0.1, 0.15) is 0 Å². The maximum Gasteiger partial charge on any atom is 0.143 e. The van der Waals surface area contributed by atoms with E-state index in [9.17, 15) is 0 Å². The summed E-state index contributed by atoms with van der Waals surface area (Å²) in [6.07, 6.45) is 3.56. The van der Waals surface area contributed by atoms with E-state index in [-0.39, 0.29) is 0 Å². The van der Waals surface area contributed by atoms with Crippen molar-refractivity contribution >= 4 is 32.8 Å². The van der Waals surface area contributed by atoms with Crippen molar-refractivity contribution in [1.82, 2.24) is 14.8 Å². The van der Waals surface area contributed by atoms with Gasteiger partial charge in [0.2, 0.25) is 0 Å². The smallest absolute Gasteiger partial charge is 0.143 e. The molecule has 0 unspecified atom stereocenters. The van der Waals surface area contributed by atoms with E-state index >= 15 is 0 Å². The molecule has 0 fully saturated rings. The third kappa shape index (κ3) is 2.12. The molecule has 0 saturated carbocycles. The third-order valence-electron chi connectivity index (χ3n) is 5.22. The van der Waals surface area contributed by atoms with Crippen LogP contribution in [0.15, 0.2) is 95.7 Å². The zero-order valence-corrected chi connectivity index (χ0v) is 14.9. The monoisotopic (exact) mass is 361 g/mol. The topological polar surface area (TPSA) is 43.9 Å². The summed E-state index contributed by atoms with van der Waals surface area (Å²) in [6, 6.07) is 26.9. The minimum Gasteiger partial charge on any atom is -0.464 e. The van der Waals surface area contributed by atoms with Crippen LogP contribution in [0.4, 0.5) is 0 Å². The second kappa shape index (κ2) is 5.79. The van der Waals surface area contributed by atoms with Crippen molar-refractivity contribution in [2.45, 2.75) is 0 Å². The Morgan fingerprint density at radius 1 is 0.786 bits per heavy atom. The lowest BCUT2D eigenvalue weighted by molar-refractivity contribution is 0.619. The maximum absolute atomic E-state index is 5.84. The lowest BCUT2D eigenvalue weighted by atomic mass is 10.1. The van der Waals surface area contributed by atoms with E-state index < -0.39 is 0 Å². The van der Waals surface area contributed by atoms with Crippen molar-refractivity contribution in [2.24, 2.45) is 0 Å². The molecule has 0 N–H and O–H groups in total. The molecular formula is C24H15N3O. The molecule has 132 valence electrons. The van der Waals surface area contributed by atoms with Gasteiger partial charge in [0.05, 0.1) is 40.3 Å². The largest absolute Gasteiger partial charge is 0.464 e. The van der Waals surface area contributed by atoms with Crippen LogP contribution in [-0.2, 0) is 0 Å². The van der Waals surface area contributed by atoms with Gasteiger partial charge in [-0.25, -0.2) is 0 Å². The van der Waals surface area contributed by atoms with Gasteiger partial charge in [-0.1, -0.05) is 48.5 Å². The molecule has 6 rings (SSSR count). The Balaban J connectivity index is 1.71.